The van der Waals surface area contributed by atoms with Gasteiger partial charge in [-0.1, -0.05) is 19.1 Å². The van der Waals surface area contributed by atoms with Crippen LogP contribution in [0.2, 0.25) is 0 Å². The smallest absolute Gasteiger partial charge is 0.0519 e. The van der Waals surface area contributed by atoms with Gasteiger partial charge < -0.3 is 10.2 Å². The molecule has 0 aliphatic carbocycles. The Morgan fingerprint density at radius 3 is 2.17 bits per heavy atom. The van der Waals surface area contributed by atoms with Crippen LogP contribution in [0.1, 0.15) is 32.4 Å². The molecule has 1 N–H and O–H groups in total. The molecule has 0 aliphatic rings. The van der Waals surface area contributed by atoms with Crippen molar-refractivity contribution in [2.24, 2.45) is 0 Å². The van der Waals surface area contributed by atoms with Gasteiger partial charge in [0.15, 0.2) is 0 Å². The van der Waals surface area contributed by atoms with Crippen molar-refractivity contribution >= 4 is 11.8 Å². The molecule has 0 bridgehead atoms. The number of nitrogens with one attached hydrogen (secondary N) is 1. The number of hydrogen-bond acceptors (Lipinski definition) is 3. The van der Waals surface area contributed by atoms with Crippen LogP contribution in [0.15, 0.2) is 29.2 Å². The second-order valence-electron chi connectivity index (χ2n) is 5.34. The van der Waals surface area contributed by atoms with E-state index in [1.807, 2.05) is 18.8 Å². The van der Waals surface area contributed by atoms with Gasteiger partial charge >= 0.3 is 0 Å². The van der Waals surface area contributed by atoms with Gasteiger partial charge in [-0.2, -0.15) is 0 Å². The third-order valence-corrected chi connectivity index (χ3v) is 4.25. The molecule has 0 saturated heterocycles. The zero-order valence-electron chi connectivity index (χ0n) is 12.4. The summed E-state index contributed by atoms with van der Waals surface area (Å²) in [6.07, 6.45) is 0. The molecule has 102 valence electrons. The lowest BCUT2D eigenvalue weighted by molar-refractivity contribution is 0.177. The van der Waals surface area contributed by atoms with Gasteiger partial charge in [0.25, 0.3) is 0 Å². The Hall–Kier alpha value is -0.510. The topological polar surface area (TPSA) is 15.3 Å². The van der Waals surface area contributed by atoms with Crippen molar-refractivity contribution in [3.8, 4) is 0 Å². The van der Waals surface area contributed by atoms with Crippen molar-refractivity contribution < 1.29 is 0 Å². The first-order valence-corrected chi connectivity index (χ1v) is 7.49. The standard InChI is InChI=1S/C15H26N2S/c1-7-18-13-10-8-12(9-11-13)14(17(5)6)15(2,3)16-4/h8-11,14,16H,7H2,1-6H3. The maximum atomic E-state index is 3.41. The zero-order chi connectivity index (χ0) is 13.8. The van der Waals surface area contributed by atoms with Gasteiger partial charge in [-0.3, -0.25) is 0 Å². The summed E-state index contributed by atoms with van der Waals surface area (Å²) in [5.74, 6) is 1.12. The van der Waals surface area contributed by atoms with E-state index in [-0.39, 0.29) is 5.54 Å². The van der Waals surface area contributed by atoms with Crippen LogP contribution in [0.3, 0.4) is 0 Å². The van der Waals surface area contributed by atoms with Gasteiger partial charge in [0.2, 0.25) is 0 Å². The summed E-state index contributed by atoms with van der Waals surface area (Å²) in [5.41, 5.74) is 1.41. The number of hydrogen-bond donors (Lipinski definition) is 1. The Balaban J connectivity index is 3.00. The molecule has 0 aromatic heterocycles. The third-order valence-electron chi connectivity index (χ3n) is 3.35. The van der Waals surface area contributed by atoms with Crippen LogP contribution in [0, 0.1) is 0 Å². The Bertz CT molecular complexity index is 357. The molecule has 1 unspecified atom stereocenters. The van der Waals surface area contributed by atoms with E-state index < -0.39 is 0 Å². The molecule has 0 aliphatic heterocycles. The summed E-state index contributed by atoms with van der Waals surface area (Å²) in [6.45, 7) is 6.67. The zero-order valence-corrected chi connectivity index (χ0v) is 13.3. The van der Waals surface area contributed by atoms with Gasteiger partial charge in [0.1, 0.15) is 0 Å². The quantitative estimate of drug-likeness (QED) is 0.795. The lowest BCUT2D eigenvalue weighted by Gasteiger charge is -2.39. The highest BCUT2D eigenvalue weighted by molar-refractivity contribution is 7.99. The van der Waals surface area contributed by atoms with Crippen molar-refractivity contribution in [3.05, 3.63) is 29.8 Å². The molecule has 1 aromatic carbocycles. The summed E-state index contributed by atoms with van der Waals surface area (Å²) in [7, 11) is 6.30. The van der Waals surface area contributed by atoms with Crippen molar-refractivity contribution in [3.63, 3.8) is 0 Å². The highest BCUT2D eigenvalue weighted by atomic mass is 32.2. The van der Waals surface area contributed by atoms with Crippen LogP contribution in [-0.2, 0) is 0 Å². The van der Waals surface area contributed by atoms with Crippen molar-refractivity contribution in [1.29, 1.82) is 0 Å². The third kappa shape index (κ3) is 3.74. The second kappa shape index (κ2) is 6.60. The van der Waals surface area contributed by atoms with Crippen molar-refractivity contribution in [2.45, 2.75) is 37.2 Å². The molecular formula is C15H26N2S. The van der Waals surface area contributed by atoms with E-state index in [0.717, 1.165) is 5.75 Å². The molecule has 0 spiro atoms. The van der Waals surface area contributed by atoms with Gasteiger partial charge in [-0.05, 0) is 58.4 Å². The van der Waals surface area contributed by atoms with Gasteiger partial charge in [-0.25, -0.2) is 0 Å². The van der Waals surface area contributed by atoms with E-state index in [1.165, 1.54) is 10.5 Å². The highest BCUT2D eigenvalue weighted by Crippen LogP contribution is 2.31. The number of benzene rings is 1. The SMILES string of the molecule is CCSc1ccc(C(N(C)C)C(C)(C)NC)cc1. The number of thioether (sulfide) groups is 1. The molecule has 1 atom stereocenters. The predicted molar refractivity (Wildman–Crippen MR) is 82.4 cm³/mol. The molecule has 0 saturated carbocycles. The normalized spacial score (nSPS) is 13.9. The number of likely N-dealkylation sites (N-methyl/N-ethyl adjacent to an activating group) is 2. The molecule has 0 heterocycles. The average molecular weight is 266 g/mol. The molecule has 3 heteroatoms. The fourth-order valence-electron chi connectivity index (χ4n) is 2.41. The minimum absolute atomic E-state index is 0.0446. The Kier molecular flexibility index (Phi) is 5.70. The molecule has 1 rings (SSSR count). The Morgan fingerprint density at radius 1 is 1.22 bits per heavy atom. The summed E-state index contributed by atoms with van der Waals surface area (Å²) in [5, 5.41) is 3.41. The molecule has 1 aromatic rings. The molecule has 2 nitrogen and oxygen atoms in total. The first kappa shape index (κ1) is 15.5. The van der Waals surface area contributed by atoms with Crippen LogP contribution >= 0.6 is 11.8 Å². The van der Waals surface area contributed by atoms with Crippen molar-refractivity contribution in [1.82, 2.24) is 10.2 Å². The summed E-state index contributed by atoms with van der Waals surface area (Å²) in [6, 6.07) is 9.32. The van der Waals surface area contributed by atoms with E-state index in [0.29, 0.717) is 6.04 Å². The monoisotopic (exact) mass is 266 g/mol. The van der Waals surface area contributed by atoms with Crippen LogP contribution in [0.5, 0.6) is 0 Å². The van der Waals surface area contributed by atoms with E-state index in [1.54, 1.807) is 0 Å². The summed E-state index contributed by atoms with van der Waals surface area (Å²) >= 11 is 1.89. The summed E-state index contributed by atoms with van der Waals surface area (Å²) < 4.78 is 0. The molecule has 0 amide bonds. The summed E-state index contributed by atoms with van der Waals surface area (Å²) in [4.78, 5) is 3.62. The number of rotatable bonds is 6. The van der Waals surface area contributed by atoms with E-state index in [9.17, 15) is 0 Å². The lowest BCUT2D eigenvalue weighted by Crippen LogP contribution is -2.48. The van der Waals surface area contributed by atoms with Crippen LogP contribution in [0.25, 0.3) is 0 Å². The van der Waals surface area contributed by atoms with Gasteiger partial charge in [0, 0.05) is 10.4 Å². The van der Waals surface area contributed by atoms with E-state index in [4.69, 9.17) is 0 Å². The average Bonchev–Trinajstić information content (AvgIpc) is 2.31. The molecule has 18 heavy (non-hydrogen) atoms. The largest absolute Gasteiger partial charge is 0.313 e. The Morgan fingerprint density at radius 2 is 1.78 bits per heavy atom. The fourth-order valence-corrected chi connectivity index (χ4v) is 3.07. The van der Waals surface area contributed by atoms with Crippen molar-refractivity contribution in [2.75, 3.05) is 26.9 Å². The predicted octanol–water partition coefficient (Wildman–Crippen LogP) is 3.40. The minimum atomic E-state index is 0.0446. The molecular weight excluding hydrogens is 240 g/mol. The lowest BCUT2D eigenvalue weighted by atomic mass is 9.88. The highest BCUT2D eigenvalue weighted by Gasteiger charge is 2.30. The van der Waals surface area contributed by atoms with Gasteiger partial charge in [-0.15, -0.1) is 11.8 Å². The molecule has 0 fully saturated rings. The van der Waals surface area contributed by atoms with E-state index in [2.05, 4.69) is 69.3 Å². The van der Waals surface area contributed by atoms with Crippen LogP contribution < -0.4 is 5.32 Å². The fraction of sp³-hybridized carbons (Fsp3) is 0.600. The first-order chi connectivity index (χ1) is 8.42. The number of nitrogens with zero attached hydrogens (tertiary/aromatic N) is 1. The van der Waals surface area contributed by atoms with Crippen LogP contribution in [0.4, 0.5) is 0 Å². The first-order valence-electron chi connectivity index (χ1n) is 6.50. The maximum Gasteiger partial charge on any atom is 0.0519 e. The van der Waals surface area contributed by atoms with Crippen LogP contribution in [-0.4, -0.2) is 37.3 Å². The minimum Gasteiger partial charge on any atom is -0.313 e. The second-order valence-corrected chi connectivity index (χ2v) is 6.68. The van der Waals surface area contributed by atoms with E-state index >= 15 is 0 Å². The maximum absolute atomic E-state index is 3.41. The molecule has 0 radical (unpaired) electrons. The van der Waals surface area contributed by atoms with Gasteiger partial charge in [0.05, 0.1) is 6.04 Å². The Labute approximate surface area is 116 Å².